The van der Waals surface area contributed by atoms with Gasteiger partial charge in [0.25, 0.3) is 0 Å². The largest absolute Gasteiger partial charge is 0.327 e. The molecule has 1 rings (SSSR count). The molecule has 0 saturated carbocycles. The van der Waals surface area contributed by atoms with Crippen LogP contribution in [0.1, 0.15) is 10.7 Å². The van der Waals surface area contributed by atoms with E-state index in [2.05, 4.69) is 16.6 Å². The van der Waals surface area contributed by atoms with Gasteiger partial charge in [-0.05, 0) is 13.2 Å². The molecule has 1 aromatic rings. The summed E-state index contributed by atoms with van der Waals surface area (Å²) < 4.78 is 0. The Hall–Kier alpha value is -0.0600. The Morgan fingerprint density at radius 1 is 1.75 bits per heavy atom. The number of aromatic nitrogens is 1. The fraction of sp³-hybridized carbons (Fsp3) is 0.625. The molecule has 4 heteroatoms. The monoisotopic (exact) mass is 202 g/mol. The second kappa shape index (κ2) is 4.84. The van der Waals surface area contributed by atoms with Crippen molar-refractivity contribution in [2.75, 3.05) is 12.0 Å². The van der Waals surface area contributed by atoms with Crippen molar-refractivity contribution in [3.8, 4) is 0 Å². The van der Waals surface area contributed by atoms with E-state index in [1.807, 2.05) is 6.92 Å². The van der Waals surface area contributed by atoms with Gasteiger partial charge in [0.15, 0.2) is 0 Å². The molecule has 0 aliphatic rings. The van der Waals surface area contributed by atoms with Crippen LogP contribution in [0.4, 0.5) is 0 Å². The minimum atomic E-state index is 0.255. The normalized spacial score (nSPS) is 13.2. The number of hydrogen-bond acceptors (Lipinski definition) is 4. The lowest BCUT2D eigenvalue weighted by Crippen LogP contribution is -2.25. The molecule has 0 amide bonds. The zero-order valence-electron chi connectivity index (χ0n) is 7.41. The third-order valence-electron chi connectivity index (χ3n) is 1.48. The summed E-state index contributed by atoms with van der Waals surface area (Å²) in [6.07, 6.45) is 2.99. The quantitative estimate of drug-likeness (QED) is 0.807. The van der Waals surface area contributed by atoms with E-state index in [-0.39, 0.29) is 6.04 Å². The van der Waals surface area contributed by atoms with Crippen LogP contribution in [-0.2, 0) is 6.42 Å². The van der Waals surface area contributed by atoms with Crippen molar-refractivity contribution in [2.45, 2.75) is 19.4 Å². The Morgan fingerprint density at radius 3 is 3.00 bits per heavy atom. The van der Waals surface area contributed by atoms with Gasteiger partial charge in [-0.3, -0.25) is 0 Å². The number of thiazole rings is 1. The molecule has 1 atom stereocenters. The van der Waals surface area contributed by atoms with Gasteiger partial charge in [-0.1, -0.05) is 0 Å². The van der Waals surface area contributed by atoms with E-state index in [1.54, 1.807) is 23.1 Å². The van der Waals surface area contributed by atoms with E-state index in [0.717, 1.165) is 22.9 Å². The van der Waals surface area contributed by atoms with Gasteiger partial charge in [0.1, 0.15) is 0 Å². The fourth-order valence-electron chi connectivity index (χ4n) is 0.994. The minimum absolute atomic E-state index is 0.255. The summed E-state index contributed by atoms with van der Waals surface area (Å²) in [5.74, 6) is 1.01. The van der Waals surface area contributed by atoms with Gasteiger partial charge < -0.3 is 5.73 Å². The zero-order valence-corrected chi connectivity index (χ0v) is 9.04. The summed E-state index contributed by atoms with van der Waals surface area (Å²) in [6.45, 7) is 2.01. The average molecular weight is 202 g/mol. The molecule has 12 heavy (non-hydrogen) atoms. The van der Waals surface area contributed by atoms with E-state index in [9.17, 15) is 0 Å². The summed E-state index contributed by atoms with van der Waals surface area (Å²) in [5, 5.41) is 3.23. The molecule has 0 spiro atoms. The first-order valence-electron chi connectivity index (χ1n) is 3.88. The predicted octanol–water partition coefficient (Wildman–Crippen LogP) is 1.68. The van der Waals surface area contributed by atoms with Crippen LogP contribution in [0, 0.1) is 6.92 Å². The molecule has 68 valence electrons. The maximum absolute atomic E-state index is 5.87. The van der Waals surface area contributed by atoms with E-state index in [1.165, 1.54) is 0 Å². The van der Waals surface area contributed by atoms with Crippen molar-refractivity contribution in [1.29, 1.82) is 0 Å². The van der Waals surface area contributed by atoms with Gasteiger partial charge >= 0.3 is 0 Å². The number of rotatable bonds is 4. The lowest BCUT2D eigenvalue weighted by molar-refractivity contribution is 0.743. The van der Waals surface area contributed by atoms with E-state index in [4.69, 9.17) is 5.73 Å². The zero-order chi connectivity index (χ0) is 8.97. The minimum Gasteiger partial charge on any atom is -0.327 e. The van der Waals surface area contributed by atoms with Crippen molar-refractivity contribution in [3.63, 3.8) is 0 Å². The molecule has 2 nitrogen and oxygen atoms in total. The number of hydrogen-bond donors (Lipinski definition) is 1. The SMILES string of the molecule is CSCC(N)Cc1nc(C)cs1. The molecular formula is C8H14N2S2. The second-order valence-corrected chi connectivity index (χ2v) is 4.66. The van der Waals surface area contributed by atoms with Crippen LogP contribution < -0.4 is 5.73 Å². The molecule has 0 fully saturated rings. The van der Waals surface area contributed by atoms with E-state index < -0.39 is 0 Å². The molecule has 0 aliphatic heterocycles. The van der Waals surface area contributed by atoms with Crippen LogP contribution in [0.3, 0.4) is 0 Å². The van der Waals surface area contributed by atoms with Crippen molar-refractivity contribution >= 4 is 23.1 Å². The highest BCUT2D eigenvalue weighted by molar-refractivity contribution is 7.98. The Kier molecular flexibility index (Phi) is 4.05. The first-order chi connectivity index (χ1) is 5.72. The molecule has 1 aromatic heterocycles. The van der Waals surface area contributed by atoms with Gasteiger partial charge in [-0.25, -0.2) is 4.98 Å². The second-order valence-electron chi connectivity index (χ2n) is 2.80. The van der Waals surface area contributed by atoms with Crippen molar-refractivity contribution in [1.82, 2.24) is 4.98 Å². The van der Waals surface area contributed by atoms with Gasteiger partial charge in [0.2, 0.25) is 0 Å². The van der Waals surface area contributed by atoms with Crippen LogP contribution in [0.2, 0.25) is 0 Å². The number of nitrogens with zero attached hydrogens (tertiary/aromatic N) is 1. The Morgan fingerprint density at radius 2 is 2.50 bits per heavy atom. The highest BCUT2D eigenvalue weighted by atomic mass is 32.2. The van der Waals surface area contributed by atoms with Crippen molar-refractivity contribution in [2.24, 2.45) is 5.73 Å². The molecule has 2 N–H and O–H groups in total. The third-order valence-corrected chi connectivity index (χ3v) is 3.23. The molecule has 1 unspecified atom stereocenters. The standard InChI is InChI=1S/C8H14N2S2/c1-6-4-12-8(10-6)3-7(9)5-11-2/h4,7H,3,5,9H2,1-2H3. The summed E-state index contributed by atoms with van der Waals surface area (Å²) in [4.78, 5) is 4.36. The number of aryl methyl sites for hydroxylation is 1. The maximum Gasteiger partial charge on any atom is 0.0943 e. The van der Waals surface area contributed by atoms with Gasteiger partial charge in [-0.15, -0.1) is 11.3 Å². The molecule has 0 saturated heterocycles. The summed E-state index contributed by atoms with van der Waals surface area (Å²) >= 11 is 3.49. The van der Waals surface area contributed by atoms with Gasteiger partial charge in [-0.2, -0.15) is 11.8 Å². The summed E-state index contributed by atoms with van der Waals surface area (Å²) in [6, 6.07) is 0.255. The average Bonchev–Trinajstić information content (AvgIpc) is 2.36. The fourth-order valence-corrected chi connectivity index (χ4v) is 2.41. The maximum atomic E-state index is 5.87. The third kappa shape index (κ3) is 3.13. The lowest BCUT2D eigenvalue weighted by atomic mass is 10.3. The molecule has 0 radical (unpaired) electrons. The topological polar surface area (TPSA) is 38.9 Å². The van der Waals surface area contributed by atoms with E-state index >= 15 is 0 Å². The smallest absolute Gasteiger partial charge is 0.0943 e. The summed E-state index contributed by atoms with van der Waals surface area (Å²) in [5.41, 5.74) is 6.97. The number of thioether (sulfide) groups is 1. The molecule has 0 aromatic carbocycles. The van der Waals surface area contributed by atoms with Crippen LogP contribution >= 0.6 is 23.1 Å². The Labute approximate surface area is 81.6 Å². The first-order valence-corrected chi connectivity index (χ1v) is 6.15. The Balaban J connectivity index is 2.41. The van der Waals surface area contributed by atoms with E-state index in [0.29, 0.717) is 0 Å². The molecule has 1 heterocycles. The summed E-state index contributed by atoms with van der Waals surface area (Å²) in [7, 11) is 0. The lowest BCUT2D eigenvalue weighted by Gasteiger charge is -2.06. The van der Waals surface area contributed by atoms with Crippen LogP contribution in [0.5, 0.6) is 0 Å². The molecule has 0 bridgehead atoms. The first kappa shape index (κ1) is 10.0. The van der Waals surface area contributed by atoms with Crippen LogP contribution in [0.25, 0.3) is 0 Å². The Bertz CT molecular complexity index is 235. The van der Waals surface area contributed by atoms with Crippen molar-refractivity contribution in [3.05, 3.63) is 16.1 Å². The highest BCUT2D eigenvalue weighted by Crippen LogP contribution is 2.11. The number of nitrogens with two attached hydrogens (primary N) is 1. The van der Waals surface area contributed by atoms with Crippen LogP contribution in [0.15, 0.2) is 5.38 Å². The van der Waals surface area contributed by atoms with Gasteiger partial charge in [0, 0.05) is 29.3 Å². The highest BCUT2D eigenvalue weighted by Gasteiger charge is 2.05. The van der Waals surface area contributed by atoms with Crippen LogP contribution in [-0.4, -0.2) is 23.0 Å². The molecular weight excluding hydrogens is 188 g/mol. The molecule has 0 aliphatic carbocycles. The van der Waals surface area contributed by atoms with Gasteiger partial charge in [0.05, 0.1) is 5.01 Å². The van der Waals surface area contributed by atoms with Crippen molar-refractivity contribution < 1.29 is 0 Å². The predicted molar refractivity (Wildman–Crippen MR) is 56.9 cm³/mol.